The molecule has 1 N–H and O–H groups in total. The molecule has 0 saturated heterocycles. The minimum absolute atomic E-state index is 0. The Kier molecular flexibility index (Phi) is 4.54. The van der Waals surface area contributed by atoms with Crippen molar-refractivity contribution in [3.8, 4) is 5.75 Å². The van der Waals surface area contributed by atoms with Crippen molar-refractivity contribution in [2.24, 2.45) is 0 Å². The maximum atomic E-state index is 10.7. The van der Waals surface area contributed by atoms with Crippen molar-refractivity contribution in [1.82, 2.24) is 0 Å². The van der Waals surface area contributed by atoms with E-state index in [-0.39, 0.29) is 44.2 Å². The molecule has 0 heterocycles. The van der Waals surface area contributed by atoms with E-state index in [9.17, 15) is 4.79 Å². The van der Waals surface area contributed by atoms with E-state index in [1.54, 1.807) is 6.07 Å². The molecule has 0 bridgehead atoms. The van der Waals surface area contributed by atoms with Gasteiger partial charge < -0.3 is 9.90 Å². The number of carbonyl (C=O) groups is 1. The summed E-state index contributed by atoms with van der Waals surface area (Å²) in [6, 6.07) is 7.01. The van der Waals surface area contributed by atoms with Crippen molar-refractivity contribution in [2.75, 3.05) is 0 Å². The predicted molar refractivity (Wildman–Crippen MR) is 36.9 cm³/mol. The van der Waals surface area contributed by atoms with Crippen LogP contribution in [0.4, 0.5) is 0 Å². The molecule has 0 fully saturated rings. The maximum Gasteiger partial charge on any atom is 0.105 e. The third kappa shape index (κ3) is 3.13. The predicted octanol–water partition coefficient (Wildman–Crippen LogP) is 1.39. The van der Waals surface area contributed by atoms with Gasteiger partial charge in [0.05, 0.1) is 0 Å². The number of carbonyl (C=O) groups excluding carboxylic acids is 1. The van der Waals surface area contributed by atoms with Crippen LogP contribution in [0.25, 0.3) is 0 Å². The Morgan fingerprint density at radius 1 is 1.55 bits per heavy atom. The zero-order chi connectivity index (χ0) is 7.56. The number of Topliss-reactive ketones (excluding diaryl/α,β-unsaturated/α-hetero) is 1. The standard InChI is InChI=1S/C8H7O2.Y/c1-6(9)7-3-2-4-8(10)5-7;/h3-5,10H,1H3;/q-1;. The first kappa shape index (κ1) is 10.8. The molecule has 1 aromatic rings. The second kappa shape index (κ2) is 4.63. The molecule has 3 heteroatoms. The molecule has 0 unspecified atom stereocenters. The molecule has 0 aliphatic rings. The van der Waals surface area contributed by atoms with Crippen molar-refractivity contribution < 1.29 is 42.6 Å². The fourth-order valence-corrected chi connectivity index (χ4v) is 0.663. The van der Waals surface area contributed by atoms with Gasteiger partial charge >= 0.3 is 0 Å². The van der Waals surface area contributed by atoms with Gasteiger partial charge in [-0.3, -0.25) is 0 Å². The van der Waals surface area contributed by atoms with Gasteiger partial charge in [0.25, 0.3) is 0 Å². The summed E-state index contributed by atoms with van der Waals surface area (Å²) in [5.41, 5.74) is 0.486. The van der Waals surface area contributed by atoms with E-state index in [2.05, 4.69) is 6.07 Å². The molecular formula is C8H7O2Y-. The van der Waals surface area contributed by atoms with Crippen LogP contribution in [0.1, 0.15) is 17.3 Å². The first-order valence-corrected chi connectivity index (χ1v) is 2.91. The average Bonchev–Trinajstić information content (AvgIpc) is 1.88. The Bertz CT molecular complexity index is 258. The molecule has 11 heavy (non-hydrogen) atoms. The molecule has 0 aliphatic heterocycles. The van der Waals surface area contributed by atoms with Gasteiger partial charge in [-0.05, 0) is 6.92 Å². The topological polar surface area (TPSA) is 37.3 Å². The first-order chi connectivity index (χ1) is 4.70. The van der Waals surface area contributed by atoms with Crippen molar-refractivity contribution in [1.29, 1.82) is 0 Å². The number of ketones is 1. The first-order valence-electron chi connectivity index (χ1n) is 2.91. The summed E-state index contributed by atoms with van der Waals surface area (Å²) in [6.07, 6.45) is 0. The quantitative estimate of drug-likeness (QED) is 0.578. The zero-order valence-electron chi connectivity index (χ0n) is 6.16. The summed E-state index contributed by atoms with van der Waals surface area (Å²) in [7, 11) is 0. The van der Waals surface area contributed by atoms with Gasteiger partial charge in [0, 0.05) is 38.5 Å². The summed E-state index contributed by atoms with van der Waals surface area (Å²) in [5, 5.41) is 8.88. The van der Waals surface area contributed by atoms with Gasteiger partial charge in [0.15, 0.2) is 0 Å². The van der Waals surface area contributed by atoms with E-state index in [0.717, 1.165) is 0 Å². The van der Waals surface area contributed by atoms with E-state index >= 15 is 0 Å². The van der Waals surface area contributed by atoms with Crippen LogP contribution in [0.5, 0.6) is 5.75 Å². The summed E-state index contributed by atoms with van der Waals surface area (Å²) in [5.74, 6) is 0.0138. The summed E-state index contributed by atoms with van der Waals surface area (Å²) in [4.78, 5) is 10.7. The van der Waals surface area contributed by atoms with E-state index < -0.39 is 0 Å². The van der Waals surface area contributed by atoms with Crippen LogP contribution in [-0.2, 0) is 32.7 Å². The number of phenols is 1. The third-order valence-electron chi connectivity index (χ3n) is 1.18. The van der Waals surface area contributed by atoms with Gasteiger partial charge in [0.1, 0.15) is 5.78 Å². The molecule has 0 aliphatic carbocycles. The number of aromatic hydroxyl groups is 1. The second-order valence-corrected chi connectivity index (χ2v) is 2.04. The molecule has 0 aromatic heterocycles. The van der Waals surface area contributed by atoms with Crippen molar-refractivity contribution in [2.45, 2.75) is 6.92 Å². The van der Waals surface area contributed by atoms with Crippen LogP contribution in [0.3, 0.4) is 0 Å². The Labute approximate surface area is 90.5 Å². The van der Waals surface area contributed by atoms with Crippen LogP contribution in [0.15, 0.2) is 18.2 Å². The zero-order valence-corrected chi connectivity index (χ0v) is 9.00. The van der Waals surface area contributed by atoms with Crippen LogP contribution in [-0.4, -0.2) is 10.9 Å². The molecule has 0 atom stereocenters. The van der Waals surface area contributed by atoms with E-state index in [1.807, 2.05) is 0 Å². The Morgan fingerprint density at radius 3 is 2.55 bits per heavy atom. The van der Waals surface area contributed by atoms with Crippen molar-refractivity contribution in [3.63, 3.8) is 0 Å². The molecule has 0 saturated carbocycles. The monoisotopic (exact) mass is 224 g/mol. The van der Waals surface area contributed by atoms with Gasteiger partial charge in [0.2, 0.25) is 0 Å². The molecule has 0 spiro atoms. The van der Waals surface area contributed by atoms with Crippen LogP contribution in [0.2, 0.25) is 0 Å². The minimum atomic E-state index is -0.0628. The van der Waals surface area contributed by atoms with Gasteiger partial charge in [-0.1, -0.05) is 5.56 Å². The molecular weight excluding hydrogens is 217 g/mol. The van der Waals surface area contributed by atoms with Crippen LogP contribution < -0.4 is 0 Å². The Morgan fingerprint density at radius 2 is 2.18 bits per heavy atom. The Balaban J connectivity index is 0.000001000. The van der Waals surface area contributed by atoms with E-state index in [4.69, 9.17) is 5.11 Å². The fraction of sp³-hybridized carbons (Fsp3) is 0.125. The molecule has 1 radical (unpaired) electrons. The minimum Gasteiger partial charge on any atom is -0.566 e. The summed E-state index contributed by atoms with van der Waals surface area (Å²) >= 11 is 0. The fourth-order valence-electron chi connectivity index (χ4n) is 0.663. The number of rotatable bonds is 1. The molecule has 1 rings (SSSR count). The number of hydrogen-bond donors (Lipinski definition) is 1. The van der Waals surface area contributed by atoms with Gasteiger partial charge in [-0.2, -0.15) is 12.1 Å². The Hall–Kier alpha value is -0.206. The largest absolute Gasteiger partial charge is 0.566 e. The maximum absolute atomic E-state index is 10.7. The number of benzene rings is 1. The van der Waals surface area contributed by atoms with Gasteiger partial charge in [-0.25, -0.2) is 0 Å². The van der Waals surface area contributed by atoms with Crippen molar-refractivity contribution >= 4 is 5.78 Å². The van der Waals surface area contributed by atoms with Crippen LogP contribution >= 0.6 is 0 Å². The van der Waals surface area contributed by atoms with Crippen molar-refractivity contribution in [3.05, 3.63) is 29.8 Å². The van der Waals surface area contributed by atoms with E-state index in [0.29, 0.717) is 5.56 Å². The second-order valence-electron chi connectivity index (χ2n) is 2.04. The average molecular weight is 224 g/mol. The molecule has 1 aromatic carbocycles. The molecule has 0 amide bonds. The van der Waals surface area contributed by atoms with E-state index in [1.165, 1.54) is 19.1 Å². The third-order valence-corrected chi connectivity index (χ3v) is 1.18. The van der Waals surface area contributed by atoms with Gasteiger partial charge in [-0.15, -0.1) is 12.1 Å². The summed E-state index contributed by atoms with van der Waals surface area (Å²) in [6.45, 7) is 1.45. The summed E-state index contributed by atoms with van der Waals surface area (Å²) < 4.78 is 0. The molecule has 2 nitrogen and oxygen atoms in total. The number of hydrogen-bond acceptors (Lipinski definition) is 2. The normalized spacial score (nSPS) is 8.45. The SMILES string of the molecule is CC(=O)c1c[c-]cc(O)c1.[Y]. The van der Waals surface area contributed by atoms with Crippen LogP contribution in [0, 0.1) is 6.07 Å². The smallest absolute Gasteiger partial charge is 0.105 e. The number of phenolic OH excluding ortho intramolecular Hbond substituents is 1. The molecule has 55 valence electrons.